The molecule has 3 atom stereocenters. The molecule has 2 aliphatic rings. The van der Waals surface area contributed by atoms with Crippen molar-refractivity contribution in [3.63, 3.8) is 0 Å². The Balaban J connectivity index is 2.38. The van der Waals surface area contributed by atoms with Gasteiger partial charge >= 0.3 is 6.03 Å². The molecule has 2 N–H and O–H groups in total. The standard InChI is InChI=1S/C8H14N2OS/c1-5-8(3)7(2,4-12-5)9-6(11)10-8/h5H,4H2,1-3H3,(H2,9,10,11). The van der Waals surface area contributed by atoms with Crippen LogP contribution in [0.2, 0.25) is 0 Å². The van der Waals surface area contributed by atoms with Crippen LogP contribution in [0.5, 0.6) is 0 Å². The molecule has 2 amide bonds. The van der Waals surface area contributed by atoms with E-state index in [0.717, 1.165) is 5.75 Å². The minimum absolute atomic E-state index is 0.0212. The Morgan fingerprint density at radius 3 is 2.75 bits per heavy atom. The lowest BCUT2D eigenvalue weighted by Gasteiger charge is -2.34. The third-order valence-electron chi connectivity index (χ3n) is 3.34. The lowest BCUT2D eigenvalue weighted by atomic mass is 9.81. The summed E-state index contributed by atoms with van der Waals surface area (Å²) in [7, 11) is 0. The molecule has 0 saturated carbocycles. The Kier molecular flexibility index (Phi) is 1.44. The van der Waals surface area contributed by atoms with Crippen molar-refractivity contribution in [2.24, 2.45) is 0 Å². The quantitative estimate of drug-likeness (QED) is 0.553. The number of urea groups is 1. The van der Waals surface area contributed by atoms with Gasteiger partial charge in [0.15, 0.2) is 0 Å². The van der Waals surface area contributed by atoms with Crippen LogP contribution in [0.25, 0.3) is 0 Å². The van der Waals surface area contributed by atoms with Crippen LogP contribution in [-0.4, -0.2) is 28.1 Å². The number of thioether (sulfide) groups is 1. The fraction of sp³-hybridized carbons (Fsp3) is 0.875. The van der Waals surface area contributed by atoms with Gasteiger partial charge in [0.05, 0.1) is 11.1 Å². The molecule has 0 radical (unpaired) electrons. The molecule has 2 aliphatic heterocycles. The lowest BCUT2D eigenvalue weighted by Crippen LogP contribution is -2.57. The molecule has 2 fully saturated rings. The van der Waals surface area contributed by atoms with Crippen LogP contribution in [0.15, 0.2) is 0 Å². The van der Waals surface area contributed by atoms with Crippen molar-refractivity contribution in [2.75, 3.05) is 5.75 Å². The summed E-state index contributed by atoms with van der Waals surface area (Å²) < 4.78 is 0. The van der Waals surface area contributed by atoms with Gasteiger partial charge in [-0.2, -0.15) is 11.8 Å². The zero-order valence-corrected chi connectivity index (χ0v) is 8.42. The van der Waals surface area contributed by atoms with Crippen molar-refractivity contribution in [2.45, 2.75) is 37.1 Å². The van der Waals surface area contributed by atoms with Gasteiger partial charge in [-0.15, -0.1) is 0 Å². The highest BCUT2D eigenvalue weighted by molar-refractivity contribution is 8.00. The Morgan fingerprint density at radius 1 is 1.50 bits per heavy atom. The van der Waals surface area contributed by atoms with Gasteiger partial charge in [-0.1, -0.05) is 6.92 Å². The monoisotopic (exact) mass is 186 g/mol. The van der Waals surface area contributed by atoms with E-state index in [9.17, 15) is 4.79 Å². The fourth-order valence-corrected chi connectivity index (χ4v) is 3.59. The second kappa shape index (κ2) is 2.10. The van der Waals surface area contributed by atoms with Crippen molar-refractivity contribution < 1.29 is 4.79 Å². The van der Waals surface area contributed by atoms with E-state index in [0.29, 0.717) is 5.25 Å². The molecule has 68 valence electrons. The molecule has 0 spiro atoms. The summed E-state index contributed by atoms with van der Waals surface area (Å²) >= 11 is 1.91. The average molecular weight is 186 g/mol. The molecule has 0 aromatic heterocycles. The SMILES string of the molecule is CC1SCC2(C)NC(=O)NC12C. The van der Waals surface area contributed by atoms with Gasteiger partial charge in [-0.3, -0.25) is 0 Å². The van der Waals surface area contributed by atoms with Gasteiger partial charge in [-0.05, 0) is 13.8 Å². The lowest BCUT2D eigenvalue weighted by molar-refractivity contribution is 0.245. The number of hydrogen-bond donors (Lipinski definition) is 2. The molecular weight excluding hydrogens is 172 g/mol. The molecule has 0 aromatic carbocycles. The molecule has 3 nitrogen and oxygen atoms in total. The summed E-state index contributed by atoms with van der Waals surface area (Å²) in [5.74, 6) is 1.00. The van der Waals surface area contributed by atoms with Crippen LogP contribution in [0, 0.1) is 0 Å². The van der Waals surface area contributed by atoms with Gasteiger partial charge in [0, 0.05) is 11.0 Å². The van der Waals surface area contributed by atoms with Gasteiger partial charge in [-0.25, -0.2) is 4.79 Å². The number of fused-ring (bicyclic) bond motifs is 1. The van der Waals surface area contributed by atoms with E-state index in [2.05, 4.69) is 31.4 Å². The average Bonchev–Trinajstić information content (AvgIpc) is 2.28. The number of carbonyl (C=O) groups excluding carboxylic acids is 1. The highest BCUT2D eigenvalue weighted by atomic mass is 32.2. The molecule has 3 unspecified atom stereocenters. The molecule has 2 saturated heterocycles. The highest BCUT2D eigenvalue weighted by Crippen LogP contribution is 2.44. The maximum Gasteiger partial charge on any atom is 0.315 e. The first kappa shape index (κ1) is 8.23. The minimum atomic E-state index is -0.0747. The smallest absolute Gasteiger partial charge is 0.315 e. The Labute approximate surface area is 76.7 Å². The van der Waals surface area contributed by atoms with Gasteiger partial charge in [0.1, 0.15) is 0 Å². The Bertz CT molecular complexity index is 245. The number of hydrogen-bond acceptors (Lipinski definition) is 2. The molecule has 0 aliphatic carbocycles. The summed E-state index contributed by atoms with van der Waals surface area (Å²) in [5.41, 5.74) is -0.136. The van der Waals surface area contributed by atoms with E-state index in [4.69, 9.17) is 0 Å². The van der Waals surface area contributed by atoms with Crippen molar-refractivity contribution >= 4 is 17.8 Å². The van der Waals surface area contributed by atoms with Gasteiger partial charge in [0.2, 0.25) is 0 Å². The number of rotatable bonds is 0. The van der Waals surface area contributed by atoms with Gasteiger partial charge in [0.25, 0.3) is 0 Å². The normalized spacial score (nSPS) is 51.6. The molecule has 2 rings (SSSR count). The highest BCUT2D eigenvalue weighted by Gasteiger charge is 2.59. The Hall–Kier alpha value is -0.380. The first-order chi connectivity index (χ1) is 5.48. The topological polar surface area (TPSA) is 41.1 Å². The molecule has 2 heterocycles. The van der Waals surface area contributed by atoms with Crippen LogP contribution in [-0.2, 0) is 0 Å². The van der Waals surface area contributed by atoms with Crippen molar-refractivity contribution in [3.05, 3.63) is 0 Å². The van der Waals surface area contributed by atoms with Crippen molar-refractivity contribution in [3.8, 4) is 0 Å². The summed E-state index contributed by atoms with van der Waals surface area (Å²) in [6.45, 7) is 6.40. The minimum Gasteiger partial charge on any atom is -0.330 e. The number of nitrogens with one attached hydrogen (secondary N) is 2. The zero-order valence-electron chi connectivity index (χ0n) is 7.60. The summed E-state index contributed by atoms with van der Waals surface area (Å²) in [6.07, 6.45) is 0. The number of amides is 2. The first-order valence-corrected chi connectivity index (χ1v) is 5.25. The molecule has 0 bridgehead atoms. The van der Waals surface area contributed by atoms with Gasteiger partial charge < -0.3 is 10.6 Å². The number of carbonyl (C=O) groups is 1. The van der Waals surface area contributed by atoms with E-state index in [1.807, 2.05) is 11.8 Å². The van der Waals surface area contributed by atoms with Crippen molar-refractivity contribution in [1.29, 1.82) is 0 Å². The third kappa shape index (κ3) is 0.762. The predicted molar refractivity (Wildman–Crippen MR) is 50.4 cm³/mol. The fourth-order valence-electron chi connectivity index (χ4n) is 1.98. The van der Waals surface area contributed by atoms with Crippen LogP contribution >= 0.6 is 11.8 Å². The van der Waals surface area contributed by atoms with Crippen molar-refractivity contribution in [1.82, 2.24) is 10.6 Å². The van der Waals surface area contributed by atoms with Crippen LogP contribution < -0.4 is 10.6 Å². The first-order valence-electron chi connectivity index (χ1n) is 4.20. The van der Waals surface area contributed by atoms with E-state index in [1.54, 1.807) is 0 Å². The largest absolute Gasteiger partial charge is 0.330 e. The van der Waals surface area contributed by atoms with Crippen LogP contribution in [0.1, 0.15) is 20.8 Å². The summed E-state index contributed by atoms with van der Waals surface area (Å²) in [4.78, 5) is 11.2. The van der Waals surface area contributed by atoms with Crippen LogP contribution in [0.3, 0.4) is 0 Å². The van der Waals surface area contributed by atoms with Crippen LogP contribution in [0.4, 0.5) is 4.79 Å². The molecular formula is C8H14N2OS. The maximum atomic E-state index is 11.2. The summed E-state index contributed by atoms with van der Waals surface area (Å²) in [6, 6.07) is -0.0212. The summed E-state index contributed by atoms with van der Waals surface area (Å²) in [5, 5.41) is 6.49. The van der Waals surface area contributed by atoms with E-state index < -0.39 is 0 Å². The van der Waals surface area contributed by atoms with E-state index in [-0.39, 0.29) is 17.1 Å². The molecule has 12 heavy (non-hydrogen) atoms. The maximum absolute atomic E-state index is 11.2. The predicted octanol–water partition coefficient (Wildman–Crippen LogP) is 0.952. The zero-order chi connectivity index (χ0) is 8.98. The van der Waals surface area contributed by atoms with E-state index >= 15 is 0 Å². The third-order valence-corrected chi connectivity index (χ3v) is 5.06. The Morgan fingerprint density at radius 2 is 2.17 bits per heavy atom. The van der Waals surface area contributed by atoms with E-state index in [1.165, 1.54) is 0 Å². The molecule has 4 heteroatoms. The second-order valence-electron chi connectivity index (χ2n) is 4.07. The molecule has 0 aromatic rings. The second-order valence-corrected chi connectivity index (χ2v) is 5.40.